The Kier molecular flexibility index (Phi) is 10.8. The standard InChI is InChI=1S/C30H42FNO5/c1-20(2)29-23(10-9-22-18-24(31)11-12-25(22)29)19-37-27(30(33)34)14-16-32(3)15-6-7-21-8-13-26(35-4)28(17-21)36-5/h8,11-13,17-18,20,23,27,29H,6-7,9-10,14-16,19H2,1-5H3,(H,33,34)/t23?,27-,29-/m1/s1. The first-order chi connectivity index (χ1) is 17.7. The van der Waals surface area contributed by atoms with Gasteiger partial charge in [0.15, 0.2) is 17.6 Å². The molecule has 0 saturated carbocycles. The van der Waals surface area contributed by atoms with Gasteiger partial charge in [-0.25, -0.2) is 9.18 Å². The number of carbonyl (C=O) groups is 1. The molecule has 0 saturated heterocycles. The number of fused-ring (bicyclic) bond motifs is 1. The van der Waals surface area contributed by atoms with Crippen LogP contribution in [0.4, 0.5) is 4.39 Å². The quantitative estimate of drug-likeness (QED) is 0.355. The number of carboxylic acids is 1. The molecule has 204 valence electrons. The second-order valence-electron chi connectivity index (χ2n) is 10.5. The summed E-state index contributed by atoms with van der Waals surface area (Å²) in [6.07, 6.45) is 3.11. The maximum absolute atomic E-state index is 13.7. The number of aliphatic carboxylic acids is 1. The zero-order chi connectivity index (χ0) is 26.9. The van der Waals surface area contributed by atoms with Gasteiger partial charge in [0.25, 0.3) is 0 Å². The molecule has 0 bridgehead atoms. The molecule has 0 aromatic heterocycles. The van der Waals surface area contributed by atoms with Crippen molar-refractivity contribution in [2.45, 2.75) is 58.0 Å². The van der Waals surface area contributed by atoms with E-state index in [1.54, 1.807) is 20.3 Å². The zero-order valence-electron chi connectivity index (χ0n) is 22.8. The van der Waals surface area contributed by atoms with Crippen molar-refractivity contribution in [3.05, 3.63) is 58.9 Å². The summed E-state index contributed by atoms with van der Waals surface area (Å²) in [5, 5.41) is 9.79. The highest BCUT2D eigenvalue weighted by atomic mass is 19.1. The van der Waals surface area contributed by atoms with Crippen molar-refractivity contribution in [3.8, 4) is 11.5 Å². The van der Waals surface area contributed by atoms with Crippen molar-refractivity contribution in [2.24, 2.45) is 11.8 Å². The second-order valence-corrected chi connectivity index (χ2v) is 10.5. The van der Waals surface area contributed by atoms with Crippen LogP contribution >= 0.6 is 0 Å². The molecular weight excluding hydrogens is 473 g/mol. The molecule has 0 aliphatic heterocycles. The summed E-state index contributed by atoms with van der Waals surface area (Å²) in [6.45, 7) is 6.23. The minimum atomic E-state index is -0.918. The number of carboxylic acid groups (broad SMARTS) is 1. The fourth-order valence-corrected chi connectivity index (χ4v) is 5.54. The third kappa shape index (κ3) is 7.92. The molecule has 6 nitrogen and oxygen atoms in total. The summed E-state index contributed by atoms with van der Waals surface area (Å²) in [7, 11) is 5.27. The number of methoxy groups -OCH3 is 2. The van der Waals surface area contributed by atoms with Gasteiger partial charge < -0.3 is 24.2 Å². The Morgan fingerprint density at radius 2 is 1.86 bits per heavy atom. The van der Waals surface area contributed by atoms with Crippen LogP contribution in [0.25, 0.3) is 0 Å². The van der Waals surface area contributed by atoms with Gasteiger partial charge in [0.1, 0.15) is 5.82 Å². The van der Waals surface area contributed by atoms with Crippen LogP contribution in [0.3, 0.4) is 0 Å². The Hall–Kier alpha value is -2.64. The average molecular weight is 516 g/mol. The fraction of sp³-hybridized carbons (Fsp3) is 0.567. The van der Waals surface area contributed by atoms with E-state index in [9.17, 15) is 14.3 Å². The van der Waals surface area contributed by atoms with Gasteiger partial charge in [0.05, 0.1) is 20.8 Å². The number of ether oxygens (including phenoxy) is 3. The number of rotatable bonds is 14. The number of hydrogen-bond donors (Lipinski definition) is 1. The largest absolute Gasteiger partial charge is 0.493 e. The molecule has 0 fully saturated rings. The predicted molar refractivity (Wildman–Crippen MR) is 143 cm³/mol. The minimum Gasteiger partial charge on any atom is -0.493 e. The lowest BCUT2D eigenvalue weighted by atomic mass is 9.70. The molecule has 2 aromatic rings. The van der Waals surface area contributed by atoms with E-state index in [1.165, 1.54) is 17.2 Å². The van der Waals surface area contributed by atoms with E-state index in [1.807, 2.05) is 31.3 Å². The average Bonchev–Trinajstić information content (AvgIpc) is 2.87. The molecule has 0 spiro atoms. The second kappa shape index (κ2) is 13.8. The number of benzene rings is 2. The van der Waals surface area contributed by atoms with Crippen molar-refractivity contribution in [1.82, 2.24) is 4.90 Å². The summed E-state index contributed by atoms with van der Waals surface area (Å²) in [4.78, 5) is 14.1. The van der Waals surface area contributed by atoms with E-state index in [0.717, 1.165) is 43.5 Å². The maximum atomic E-state index is 13.7. The Morgan fingerprint density at radius 3 is 2.54 bits per heavy atom. The monoisotopic (exact) mass is 515 g/mol. The van der Waals surface area contributed by atoms with E-state index in [0.29, 0.717) is 31.2 Å². The third-order valence-electron chi connectivity index (χ3n) is 7.49. The van der Waals surface area contributed by atoms with Crippen LogP contribution in [0.15, 0.2) is 36.4 Å². The predicted octanol–water partition coefficient (Wildman–Crippen LogP) is 5.57. The number of aryl methyl sites for hydroxylation is 2. The molecule has 3 rings (SSSR count). The van der Waals surface area contributed by atoms with Gasteiger partial charge in [0.2, 0.25) is 0 Å². The summed E-state index contributed by atoms with van der Waals surface area (Å²) in [5.41, 5.74) is 3.42. The summed E-state index contributed by atoms with van der Waals surface area (Å²) >= 11 is 0. The molecule has 1 aliphatic rings. The van der Waals surface area contributed by atoms with Crippen molar-refractivity contribution in [2.75, 3.05) is 41.0 Å². The van der Waals surface area contributed by atoms with E-state index < -0.39 is 12.1 Å². The third-order valence-corrected chi connectivity index (χ3v) is 7.49. The van der Waals surface area contributed by atoms with Gasteiger partial charge in [-0.05, 0) is 104 Å². The van der Waals surface area contributed by atoms with Gasteiger partial charge in [-0.3, -0.25) is 0 Å². The van der Waals surface area contributed by atoms with Gasteiger partial charge in [-0.1, -0.05) is 26.0 Å². The van der Waals surface area contributed by atoms with E-state index >= 15 is 0 Å². The normalized spacial score (nSPS) is 18.1. The SMILES string of the molecule is COc1ccc(CCCN(C)CC[C@@H](OCC2CCc3cc(F)ccc3[C@@H]2C(C)C)C(=O)O)cc1OC. The number of nitrogens with zero attached hydrogens (tertiary/aromatic N) is 1. The van der Waals surface area contributed by atoms with Crippen LogP contribution in [-0.2, 0) is 22.4 Å². The molecule has 0 radical (unpaired) electrons. The maximum Gasteiger partial charge on any atom is 0.332 e. The zero-order valence-corrected chi connectivity index (χ0v) is 22.8. The number of halogens is 1. The van der Waals surface area contributed by atoms with Crippen LogP contribution in [0.2, 0.25) is 0 Å². The van der Waals surface area contributed by atoms with E-state index in [-0.39, 0.29) is 17.7 Å². The first-order valence-electron chi connectivity index (χ1n) is 13.3. The molecule has 1 aliphatic carbocycles. The lowest BCUT2D eigenvalue weighted by Gasteiger charge is -2.36. The van der Waals surface area contributed by atoms with E-state index in [2.05, 4.69) is 18.7 Å². The van der Waals surface area contributed by atoms with Gasteiger partial charge >= 0.3 is 5.97 Å². The molecule has 7 heteroatoms. The first kappa shape index (κ1) is 28.9. The van der Waals surface area contributed by atoms with Crippen molar-refractivity contribution in [1.29, 1.82) is 0 Å². The summed E-state index contributed by atoms with van der Waals surface area (Å²) in [5.74, 6) is 1.14. The Labute approximate surface area is 220 Å². The number of hydrogen-bond acceptors (Lipinski definition) is 5. The Balaban J connectivity index is 1.48. The van der Waals surface area contributed by atoms with Crippen LogP contribution < -0.4 is 9.47 Å². The van der Waals surface area contributed by atoms with Gasteiger partial charge in [-0.2, -0.15) is 0 Å². The van der Waals surface area contributed by atoms with Crippen LogP contribution in [0, 0.1) is 17.7 Å². The molecule has 2 aromatic carbocycles. The highest BCUT2D eigenvalue weighted by Crippen LogP contribution is 2.41. The molecule has 3 atom stereocenters. The summed E-state index contributed by atoms with van der Waals surface area (Å²) in [6, 6.07) is 11.0. The fourth-order valence-electron chi connectivity index (χ4n) is 5.54. The van der Waals surface area contributed by atoms with Crippen molar-refractivity contribution in [3.63, 3.8) is 0 Å². The van der Waals surface area contributed by atoms with Crippen molar-refractivity contribution < 1.29 is 28.5 Å². The van der Waals surface area contributed by atoms with E-state index in [4.69, 9.17) is 14.2 Å². The van der Waals surface area contributed by atoms with Gasteiger partial charge in [0, 0.05) is 6.54 Å². The highest BCUT2D eigenvalue weighted by molar-refractivity contribution is 5.72. The first-order valence-corrected chi connectivity index (χ1v) is 13.3. The molecule has 37 heavy (non-hydrogen) atoms. The summed E-state index contributed by atoms with van der Waals surface area (Å²) < 4.78 is 30.4. The van der Waals surface area contributed by atoms with Gasteiger partial charge in [-0.15, -0.1) is 0 Å². The molecule has 1 N–H and O–H groups in total. The topological polar surface area (TPSA) is 68.2 Å². The highest BCUT2D eigenvalue weighted by Gasteiger charge is 2.33. The molecule has 0 heterocycles. The lowest BCUT2D eigenvalue weighted by Crippen LogP contribution is -2.34. The van der Waals surface area contributed by atoms with Crippen LogP contribution in [-0.4, -0.2) is 63.0 Å². The molecule has 1 unspecified atom stereocenters. The van der Waals surface area contributed by atoms with Crippen molar-refractivity contribution >= 4 is 5.97 Å². The van der Waals surface area contributed by atoms with Crippen LogP contribution in [0.5, 0.6) is 11.5 Å². The molecular formula is C30H42FNO5. The molecule has 0 amide bonds. The minimum absolute atomic E-state index is 0.199. The lowest BCUT2D eigenvalue weighted by molar-refractivity contribution is -0.152. The Morgan fingerprint density at radius 1 is 1.11 bits per heavy atom. The Bertz CT molecular complexity index is 1030. The smallest absolute Gasteiger partial charge is 0.332 e. The van der Waals surface area contributed by atoms with Crippen LogP contribution in [0.1, 0.15) is 55.7 Å².